The van der Waals surface area contributed by atoms with Crippen LogP contribution in [-0.2, 0) is 19.1 Å². The van der Waals surface area contributed by atoms with Crippen molar-refractivity contribution in [3.63, 3.8) is 0 Å². The summed E-state index contributed by atoms with van der Waals surface area (Å²) < 4.78 is 9.63. The van der Waals surface area contributed by atoms with Crippen LogP contribution in [-0.4, -0.2) is 52.5 Å². The van der Waals surface area contributed by atoms with E-state index in [1.54, 1.807) is 0 Å². The van der Waals surface area contributed by atoms with E-state index in [1.807, 2.05) is 27.7 Å². The molecule has 1 amide bonds. The minimum absolute atomic E-state index is 0.0669. The van der Waals surface area contributed by atoms with Crippen LogP contribution in [0, 0.1) is 11.8 Å². The molecule has 22 heavy (non-hydrogen) atoms. The summed E-state index contributed by atoms with van der Waals surface area (Å²) in [7, 11) is 1.30. The summed E-state index contributed by atoms with van der Waals surface area (Å²) in [5.41, 5.74) is -0.323. The van der Waals surface area contributed by atoms with Crippen LogP contribution < -0.4 is 0 Å². The molecule has 2 fully saturated rings. The van der Waals surface area contributed by atoms with E-state index in [1.165, 1.54) is 12.0 Å². The summed E-state index contributed by atoms with van der Waals surface area (Å²) in [6.45, 7) is 8.04. The maximum Gasteiger partial charge on any atom is 0.328 e. The molecule has 0 bridgehead atoms. The molecule has 5 nitrogen and oxygen atoms in total. The molecular formula is C15H23Cl2NO4. The van der Waals surface area contributed by atoms with E-state index in [0.29, 0.717) is 6.54 Å². The third kappa shape index (κ3) is 3.36. The summed E-state index contributed by atoms with van der Waals surface area (Å²) in [6, 6.07) is -0.695. The molecule has 1 aliphatic carbocycles. The zero-order valence-electron chi connectivity index (χ0n) is 13.6. The van der Waals surface area contributed by atoms with Crippen LogP contribution >= 0.6 is 23.2 Å². The predicted molar refractivity (Wildman–Crippen MR) is 83.9 cm³/mol. The minimum atomic E-state index is -0.927. The third-order valence-electron chi connectivity index (χ3n) is 4.11. The van der Waals surface area contributed by atoms with Gasteiger partial charge < -0.3 is 14.4 Å². The number of methoxy groups -OCH3 is 1. The Morgan fingerprint density at radius 2 is 1.95 bits per heavy atom. The van der Waals surface area contributed by atoms with Gasteiger partial charge in [0.25, 0.3) is 0 Å². The lowest BCUT2D eigenvalue weighted by Crippen LogP contribution is -2.47. The molecule has 2 rings (SSSR count). The SMILES string of the molecule is COC(=O)[C@@H]1[C@@H]2[C@H](CN1C(=O)C[C@@H](C)OC(C)(C)C)C2(Cl)Cl. The molecule has 1 saturated carbocycles. The highest BCUT2D eigenvalue weighted by Crippen LogP contribution is 2.65. The zero-order chi connectivity index (χ0) is 16.9. The molecule has 7 heteroatoms. The first kappa shape index (κ1) is 17.8. The van der Waals surface area contributed by atoms with Gasteiger partial charge in [-0.1, -0.05) is 0 Å². The van der Waals surface area contributed by atoms with Crippen molar-refractivity contribution in [2.24, 2.45) is 11.8 Å². The first-order valence-corrected chi connectivity index (χ1v) is 8.17. The van der Waals surface area contributed by atoms with Gasteiger partial charge in [-0.2, -0.15) is 0 Å². The fourth-order valence-corrected chi connectivity index (χ4v) is 4.09. The minimum Gasteiger partial charge on any atom is -0.467 e. The first-order chi connectivity index (χ1) is 9.99. The number of carbonyl (C=O) groups is 2. The van der Waals surface area contributed by atoms with Gasteiger partial charge in [0, 0.05) is 18.4 Å². The highest BCUT2D eigenvalue weighted by molar-refractivity contribution is 6.51. The van der Waals surface area contributed by atoms with Gasteiger partial charge in [-0.15, -0.1) is 23.2 Å². The normalized spacial score (nSPS) is 30.7. The van der Waals surface area contributed by atoms with Crippen molar-refractivity contribution in [3.8, 4) is 0 Å². The van der Waals surface area contributed by atoms with Crippen LogP contribution in [0.1, 0.15) is 34.1 Å². The van der Waals surface area contributed by atoms with Gasteiger partial charge in [-0.25, -0.2) is 4.79 Å². The Balaban J connectivity index is 2.02. The van der Waals surface area contributed by atoms with Crippen molar-refractivity contribution in [1.82, 2.24) is 4.90 Å². The number of nitrogens with zero attached hydrogens (tertiary/aromatic N) is 1. The topological polar surface area (TPSA) is 55.8 Å². The second-order valence-corrected chi connectivity index (χ2v) is 8.51. The molecule has 0 unspecified atom stereocenters. The lowest BCUT2D eigenvalue weighted by molar-refractivity contribution is -0.154. The van der Waals surface area contributed by atoms with Crippen molar-refractivity contribution in [3.05, 3.63) is 0 Å². The smallest absolute Gasteiger partial charge is 0.328 e. The Labute approximate surface area is 141 Å². The van der Waals surface area contributed by atoms with Crippen LogP contribution in [0.25, 0.3) is 0 Å². The van der Waals surface area contributed by atoms with Gasteiger partial charge in [-0.3, -0.25) is 4.79 Å². The number of rotatable bonds is 4. The number of fused-ring (bicyclic) bond motifs is 1. The number of halogens is 2. The molecular weight excluding hydrogens is 329 g/mol. The number of esters is 1. The predicted octanol–water partition coefficient (Wildman–Crippen LogP) is 2.38. The first-order valence-electron chi connectivity index (χ1n) is 7.42. The molecule has 1 heterocycles. The molecule has 0 aromatic carbocycles. The number of piperidine rings is 1. The highest BCUT2D eigenvalue weighted by atomic mass is 35.5. The molecule has 126 valence electrons. The van der Waals surface area contributed by atoms with E-state index in [0.717, 1.165) is 0 Å². The van der Waals surface area contributed by atoms with Gasteiger partial charge in [0.1, 0.15) is 10.4 Å². The molecule has 1 saturated heterocycles. The number of amides is 1. The largest absolute Gasteiger partial charge is 0.467 e. The van der Waals surface area contributed by atoms with Gasteiger partial charge in [-0.05, 0) is 27.7 Å². The fraction of sp³-hybridized carbons (Fsp3) is 0.867. The summed E-state index contributed by atoms with van der Waals surface area (Å²) in [4.78, 5) is 26.0. The molecule has 1 aliphatic heterocycles. The lowest BCUT2D eigenvalue weighted by atomic mass is 10.1. The van der Waals surface area contributed by atoms with Gasteiger partial charge >= 0.3 is 5.97 Å². The van der Waals surface area contributed by atoms with E-state index in [2.05, 4.69) is 0 Å². The maximum atomic E-state index is 12.5. The van der Waals surface area contributed by atoms with Crippen molar-refractivity contribution in [1.29, 1.82) is 0 Å². The average molecular weight is 352 g/mol. The quantitative estimate of drug-likeness (QED) is 0.576. The Bertz CT molecular complexity index is 475. The van der Waals surface area contributed by atoms with Crippen molar-refractivity contribution in [2.75, 3.05) is 13.7 Å². The van der Waals surface area contributed by atoms with Crippen LogP contribution in [0.2, 0.25) is 0 Å². The molecule has 2 aliphatic rings. The second kappa shape index (κ2) is 5.84. The van der Waals surface area contributed by atoms with Gasteiger partial charge in [0.15, 0.2) is 0 Å². The Morgan fingerprint density at radius 3 is 2.45 bits per heavy atom. The molecule has 0 aromatic rings. The fourth-order valence-electron chi connectivity index (χ4n) is 3.26. The zero-order valence-corrected chi connectivity index (χ0v) is 15.1. The van der Waals surface area contributed by atoms with Crippen LogP contribution in [0.3, 0.4) is 0 Å². The number of carbonyl (C=O) groups excluding carboxylic acids is 2. The van der Waals surface area contributed by atoms with Crippen LogP contribution in [0.5, 0.6) is 0 Å². The number of ether oxygens (including phenoxy) is 2. The third-order valence-corrected chi connectivity index (χ3v) is 5.18. The Morgan fingerprint density at radius 1 is 1.36 bits per heavy atom. The summed E-state index contributed by atoms with van der Waals surface area (Å²) in [5.74, 6) is -0.911. The van der Waals surface area contributed by atoms with Gasteiger partial charge in [0.05, 0.1) is 25.2 Å². The van der Waals surface area contributed by atoms with Crippen LogP contribution in [0.4, 0.5) is 0 Å². The lowest BCUT2D eigenvalue weighted by Gasteiger charge is -2.30. The highest BCUT2D eigenvalue weighted by Gasteiger charge is 2.74. The summed E-state index contributed by atoms with van der Waals surface area (Å²) in [6.07, 6.45) is -0.0265. The summed E-state index contributed by atoms with van der Waals surface area (Å²) in [5, 5.41) is 0. The number of alkyl halides is 2. The van der Waals surface area contributed by atoms with E-state index in [-0.39, 0.29) is 35.9 Å². The average Bonchev–Trinajstić information content (AvgIpc) is 2.73. The van der Waals surface area contributed by atoms with Crippen molar-refractivity contribution >= 4 is 35.1 Å². The molecule has 4 atom stereocenters. The van der Waals surface area contributed by atoms with E-state index >= 15 is 0 Å². The van der Waals surface area contributed by atoms with E-state index in [9.17, 15) is 9.59 Å². The molecule has 0 spiro atoms. The van der Waals surface area contributed by atoms with E-state index < -0.39 is 16.3 Å². The molecule has 0 N–H and O–H groups in total. The van der Waals surface area contributed by atoms with Gasteiger partial charge in [0.2, 0.25) is 5.91 Å². The monoisotopic (exact) mass is 351 g/mol. The van der Waals surface area contributed by atoms with Crippen molar-refractivity contribution in [2.45, 2.75) is 56.2 Å². The van der Waals surface area contributed by atoms with Crippen molar-refractivity contribution < 1.29 is 19.1 Å². The maximum absolute atomic E-state index is 12.5. The molecule has 0 radical (unpaired) electrons. The second-order valence-electron chi connectivity index (χ2n) is 7.07. The number of hydrogen-bond donors (Lipinski definition) is 0. The number of likely N-dealkylation sites (tertiary alicyclic amines) is 1. The van der Waals surface area contributed by atoms with Crippen LogP contribution in [0.15, 0.2) is 0 Å². The molecule has 0 aromatic heterocycles. The standard InChI is InChI=1S/C15H23Cl2NO4/c1-8(22-14(2,3)4)6-10(19)18-7-9-11(15(9,16)17)12(18)13(20)21-5/h8-9,11-12H,6-7H2,1-5H3/t8-,9+,11+,12+/m1/s1. The van der Waals surface area contributed by atoms with E-state index in [4.69, 9.17) is 32.7 Å². The Hall–Kier alpha value is -0.520. The Kier molecular flexibility index (Phi) is 4.73. The number of hydrogen-bond acceptors (Lipinski definition) is 4. The summed E-state index contributed by atoms with van der Waals surface area (Å²) >= 11 is 12.3.